The molecule has 0 aliphatic carbocycles. The second-order valence-corrected chi connectivity index (χ2v) is 24.1. The molecule has 0 fully saturated rings. The van der Waals surface area contributed by atoms with Crippen molar-refractivity contribution in [3.63, 3.8) is 0 Å². The van der Waals surface area contributed by atoms with Crippen LogP contribution in [0.5, 0.6) is 0 Å². The standard InChI is InChI=1S/C52H59BN4S2/c1-48(2,3)30-16-20-33(21-17-30)56-39-28-32(50(7,8)9)29-40-41(39)53(35-24-26-37-44(42(35)56)58-46(54-37)51(10,11)12)36-25-27-38-45(59-47(55-38)52(13,14)15)43(36)57(40)34-22-18-31(19-23-34)49(4,5)6/h16-29H,1-15H3. The number of hydrogen-bond donors (Lipinski definition) is 0. The van der Waals surface area contributed by atoms with Gasteiger partial charge in [0.25, 0.3) is 6.71 Å². The van der Waals surface area contributed by atoms with Gasteiger partial charge in [0.05, 0.1) is 41.8 Å². The molecule has 2 aliphatic rings. The number of aromatic nitrogens is 2. The van der Waals surface area contributed by atoms with Crippen LogP contribution in [0.4, 0.5) is 34.1 Å². The summed E-state index contributed by atoms with van der Waals surface area (Å²) in [4.78, 5) is 15.8. The lowest BCUT2D eigenvalue weighted by Crippen LogP contribution is -2.61. The maximum atomic E-state index is 5.33. The lowest BCUT2D eigenvalue weighted by atomic mass is 9.33. The fraction of sp³-hybridized carbons (Fsp3) is 0.385. The number of thiazole rings is 2. The Morgan fingerprint density at radius 3 is 1.10 bits per heavy atom. The smallest absolute Gasteiger partial charge is 0.252 e. The molecular weight excluding hydrogens is 756 g/mol. The molecule has 2 aromatic heterocycles. The van der Waals surface area contributed by atoms with Crippen LogP contribution in [0, 0.1) is 0 Å². The Labute approximate surface area is 360 Å². The van der Waals surface area contributed by atoms with Gasteiger partial charge in [0, 0.05) is 33.6 Å². The monoisotopic (exact) mass is 814 g/mol. The summed E-state index contributed by atoms with van der Waals surface area (Å²) in [6.45, 7) is 34.5. The molecule has 302 valence electrons. The highest BCUT2D eigenvalue weighted by atomic mass is 32.1. The minimum absolute atomic E-state index is 0.00314. The van der Waals surface area contributed by atoms with Crippen LogP contribution in [0.3, 0.4) is 0 Å². The van der Waals surface area contributed by atoms with E-state index in [1.165, 1.54) is 76.6 Å². The van der Waals surface area contributed by atoms with Crippen LogP contribution in [0.2, 0.25) is 0 Å². The molecule has 5 aromatic carbocycles. The van der Waals surface area contributed by atoms with Crippen LogP contribution in [0.25, 0.3) is 20.4 Å². The fourth-order valence-corrected chi connectivity index (χ4v) is 11.1. The highest BCUT2D eigenvalue weighted by Gasteiger charge is 2.46. The van der Waals surface area contributed by atoms with Gasteiger partial charge in [-0.25, -0.2) is 9.97 Å². The average Bonchev–Trinajstić information content (AvgIpc) is 3.80. The van der Waals surface area contributed by atoms with E-state index in [4.69, 9.17) is 9.97 Å². The van der Waals surface area contributed by atoms with Crippen molar-refractivity contribution in [3.05, 3.63) is 112 Å². The molecule has 0 saturated heterocycles. The van der Waals surface area contributed by atoms with Gasteiger partial charge in [-0.1, -0.05) is 140 Å². The van der Waals surface area contributed by atoms with Crippen LogP contribution < -0.4 is 26.2 Å². The maximum absolute atomic E-state index is 5.33. The van der Waals surface area contributed by atoms with Gasteiger partial charge in [0.15, 0.2) is 0 Å². The second-order valence-electron chi connectivity index (χ2n) is 22.1. The van der Waals surface area contributed by atoms with E-state index in [0.717, 1.165) is 21.0 Å². The van der Waals surface area contributed by atoms with E-state index in [0.29, 0.717) is 0 Å². The molecule has 4 nitrogen and oxygen atoms in total. The Morgan fingerprint density at radius 1 is 0.424 bits per heavy atom. The summed E-state index contributed by atoms with van der Waals surface area (Å²) in [6.07, 6.45) is 0. The SMILES string of the molecule is CC(C)(C)c1ccc(N2c3cc(C(C)(C)C)cc4c3B(c3ccc5nc(C(C)(C)C)sc5c32)c2ccc3nc(C(C)(C)C)sc3c2N4c2ccc(C(C)(C)C)cc2)cc1. The number of benzene rings is 5. The first kappa shape index (κ1) is 40.0. The molecular formula is C52H59BN4S2. The third-order valence-corrected chi connectivity index (χ3v) is 15.2. The molecule has 4 heterocycles. The Morgan fingerprint density at radius 2 is 0.780 bits per heavy atom. The number of rotatable bonds is 2. The Bertz CT molecular complexity index is 2610. The normalized spacial score (nSPS) is 14.6. The van der Waals surface area contributed by atoms with E-state index in [1.54, 1.807) is 0 Å². The van der Waals surface area contributed by atoms with Gasteiger partial charge in [-0.3, -0.25) is 0 Å². The molecule has 7 heteroatoms. The molecule has 0 bridgehead atoms. The molecule has 2 aliphatic heterocycles. The Kier molecular flexibility index (Phi) is 8.82. The van der Waals surface area contributed by atoms with Crippen molar-refractivity contribution in [2.75, 3.05) is 9.80 Å². The molecule has 59 heavy (non-hydrogen) atoms. The van der Waals surface area contributed by atoms with Gasteiger partial charge in [0.2, 0.25) is 0 Å². The summed E-state index contributed by atoms with van der Waals surface area (Å²) < 4.78 is 2.49. The molecule has 7 aromatic rings. The topological polar surface area (TPSA) is 32.3 Å². The maximum Gasteiger partial charge on any atom is 0.252 e. The summed E-state index contributed by atoms with van der Waals surface area (Å²) in [7, 11) is 0. The van der Waals surface area contributed by atoms with Crippen LogP contribution in [-0.2, 0) is 27.1 Å². The van der Waals surface area contributed by atoms with Crippen molar-refractivity contribution in [1.82, 2.24) is 9.97 Å². The fourth-order valence-electron chi connectivity index (χ4n) is 8.75. The van der Waals surface area contributed by atoms with Crippen LogP contribution in [-0.4, -0.2) is 16.7 Å². The summed E-state index contributed by atoms with van der Waals surface area (Å²) in [6, 6.07) is 33.1. The van der Waals surface area contributed by atoms with Crippen molar-refractivity contribution in [2.24, 2.45) is 0 Å². The molecule has 0 radical (unpaired) electrons. The van der Waals surface area contributed by atoms with Crippen molar-refractivity contribution in [2.45, 2.75) is 131 Å². The minimum Gasteiger partial charge on any atom is -0.310 e. The van der Waals surface area contributed by atoms with Gasteiger partial charge in [0.1, 0.15) is 0 Å². The van der Waals surface area contributed by atoms with E-state index >= 15 is 0 Å². The highest BCUT2D eigenvalue weighted by molar-refractivity contribution is 7.20. The van der Waals surface area contributed by atoms with Crippen molar-refractivity contribution in [3.8, 4) is 0 Å². The van der Waals surface area contributed by atoms with E-state index < -0.39 is 0 Å². The predicted molar refractivity (Wildman–Crippen MR) is 260 cm³/mol. The molecule has 0 spiro atoms. The van der Waals surface area contributed by atoms with E-state index in [-0.39, 0.29) is 33.8 Å². The minimum atomic E-state index is -0.114. The zero-order valence-electron chi connectivity index (χ0n) is 37.8. The van der Waals surface area contributed by atoms with Gasteiger partial charge in [-0.2, -0.15) is 0 Å². The zero-order valence-corrected chi connectivity index (χ0v) is 39.4. The first-order chi connectivity index (χ1) is 27.4. The number of nitrogens with zero attached hydrogens (tertiary/aromatic N) is 4. The third-order valence-electron chi connectivity index (χ3n) is 12.2. The zero-order chi connectivity index (χ0) is 42.4. The van der Waals surface area contributed by atoms with Crippen LogP contribution >= 0.6 is 22.7 Å². The number of hydrogen-bond acceptors (Lipinski definition) is 6. The summed E-state index contributed by atoms with van der Waals surface area (Å²) in [5, 5.41) is 2.32. The third kappa shape index (κ3) is 6.53. The lowest BCUT2D eigenvalue weighted by Gasteiger charge is -2.45. The molecule has 0 amide bonds. The van der Waals surface area contributed by atoms with Crippen LogP contribution in [0.1, 0.15) is 131 Å². The average molecular weight is 815 g/mol. The van der Waals surface area contributed by atoms with Crippen LogP contribution in [0.15, 0.2) is 84.9 Å². The van der Waals surface area contributed by atoms with Crippen molar-refractivity contribution in [1.29, 1.82) is 0 Å². The first-order valence-electron chi connectivity index (χ1n) is 21.3. The summed E-state index contributed by atoms with van der Waals surface area (Å²) in [5.74, 6) is 0. The van der Waals surface area contributed by atoms with E-state index in [9.17, 15) is 0 Å². The number of anilines is 6. The lowest BCUT2D eigenvalue weighted by molar-refractivity contribution is 0.586. The predicted octanol–water partition coefficient (Wildman–Crippen LogP) is 13.5. The molecule has 0 atom stereocenters. The highest BCUT2D eigenvalue weighted by Crippen LogP contribution is 2.51. The quantitative estimate of drug-likeness (QED) is 0.163. The van der Waals surface area contributed by atoms with Gasteiger partial charge < -0.3 is 9.80 Å². The van der Waals surface area contributed by atoms with Crippen molar-refractivity contribution >= 4 is 100 Å². The molecule has 9 rings (SSSR count). The first-order valence-corrected chi connectivity index (χ1v) is 22.9. The molecule has 0 unspecified atom stereocenters. The van der Waals surface area contributed by atoms with E-state index in [1.807, 2.05) is 22.7 Å². The Balaban J connectivity index is 1.44. The van der Waals surface area contributed by atoms with Gasteiger partial charge >= 0.3 is 0 Å². The second kappa shape index (κ2) is 13.0. The largest absolute Gasteiger partial charge is 0.310 e. The van der Waals surface area contributed by atoms with E-state index in [2.05, 4.69) is 199 Å². The van der Waals surface area contributed by atoms with Gasteiger partial charge in [-0.05, 0) is 97.9 Å². The number of fused-ring (bicyclic) bond motifs is 8. The van der Waals surface area contributed by atoms with Crippen molar-refractivity contribution < 1.29 is 0 Å². The summed E-state index contributed by atoms with van der Waals surface area (Å²) in [5.41, 5.74) is 17.2. The Hall–Kier alpha value is -4.46. The molecule has 0 saturated carbocycles. The van der Waals surface area contributed by atoms with Gasteiger partial charge in [-0.15, -0.1) is 22.7 Å². The summed E-state index contributed by atoms with van der Waals surface area (Å²) >= 11 is 3.73. The molecule has 0 N–H and O–H groups in total.